The predicted molar refractivity (Wildman–Crippen MR) is 144 cm³/mol. The molecule has 2 saturated heterocycles. The van der Waals surface area contributed by atoms with Crippen LogP contribution in [-0.2, 0) is 9.59 Å². The first-order valence-corrected chi connectivity index (χ1v) is 13.0. The molecular formula is C28H24N4O4S. The summed E-state index contributed by atoms with van der Waals surface area (Å²) in [6.45, 7) is 3.62. The number of amides is 2. The number of hydrogen-bond donors (Lipinski definition) is 0. The minimum Gasteiger partial charge on any atom is -0.423 e. The van der Waals surface area contributed by atoms with E-state index < -0.39 is 5.97 Å². The molecule has 2 amide bonds. The molecule has 0 aliphatic carbocycles. The monoisotopic (exact) mass is 512 g/mol. The fourth-order valence-electron chi connectivity index (χ4n) is 4.69. The van der Waals surface area contributed by atoms with Gasteiger partial charge in [0.15, 0.2) is 5.13 Å². The van der Waals surface area contributed by atoms with Crippen molar-refractivity contribution in [2.24, 2.45) is 0 Å². The highest BCUT2D eigenvalue weighted by molar-refractivity contribution is 7.22. The molecule has 0 atom stereocenters. The van der Waals surface area contributed by atoms with E-state index in [1.807, 2.05) is 18.2 Å². The normalized spacial score (nSPS) is 16.1. The van der Waals surface area contributed by atoms with Crippen LogP contribution in [-0.4, -0.2) is 48.9 Å². The van der Waals surface area contributed by atoms with Gasteiger partial charge in [0.25, 0.3) is 0 Å². The third kappa shape index (κ3) is 4.65. The first-order chi connectivity index (χ1) is 18.0. The van der Waals surface area contributed by atoms with Crippen molar-refractivity contribution >= 4 is 55.8 Å². The van der Waals surface area contributed by atoms with Gasteiger partial charge in [-0.05, 0) is 42.5 Å². The van der Waals surface area contributed by atoms with Crippen LogP contribution in [0.25, 0.3) is 10.2 Å². The van der Waals surface area contributed by atoms with Gasteiger partial charge < -0.3 is 14.5 Å². The van der Waals surface area contributed by atoms with Crippen molar-refractivity contribution < 1.29 is 19.1 Å². The Kier molecular flexibility index (Phi) is 6.05. The molecule has 0 radical (unpaired) electrons. The first kappa shape index (κ1) is 23.2. The van der Waals surface area contributed by atoms with Crippen LogP contribution in [0.2, 0.25) is 0 Å². The van der Waals surface area contributed by atoms with Crippen LogP contribution in [0, 0.1) is 0 Å². The standard InChI is InChI=1S/C28H24N4O4S/c33-25-11-12-26(34)32(25)21-8-4-5-19(17-21)27(35)36-22-9-10-23-24(18-22)37-28(29-23)31-15-13-30(14-16-31)20-6-2-1-3-7-20/h1-10,17-18H,11-16H2. The van der Waals surface area contributed by atoms with Crippen LogP contribution in [0.15, 0.2) is 72.8 Å². The van der Waals surface area contributed by atoms with Crippen molar-refractivity contribution in [2.75, 3.05) is 40.9 Å². The molecule has 8 nitrogen and oxygen atoms in total. The van der Waals surface area contributed by atoms with Crippen LogP contribution in [0.4, 0.5) is 16.5 Å². The summed E-state index contributed by atoms with van der Waals surface area (Å²) in [5, 5.41) is 0.957. The third-order valence-electron chi connectivity index (χ3n) is 6.62. The molecule has 2 fully saturated rings. The number of benzene rings is 3. The fraction of sp³-hybridized carbons (Fsp3) is 0.214. The van der Waals surface area contributed by atoms with Crippen molar-refractivity contribution in [1.29, 1.82) is 0 Å². The minimum atomic E-state index is -0.554. The number of esters is 1. The number of para-hydroxylation sites is 1. The Labute approximate surface area is 217 Å². The number of fused-ring (bicyclic) bond motifs is 1. The van der Waals surface area contributed by atoms with Gasteiger partial charge in [0, 0.05) is 50.8 Å². The highest BCUT2D eigenvalue weighted by Gasteiger charge is 2.30. The van der Waals surface area contributed by atoms with Crippen LogP contribution >= 0.6 is 11.3 Å². The van der Waals surface area contributed by atoms with Crippen LogP contribution in [0.5, 0.6) is 5.75 Å². The van der Waals surface area contributed by atoms with Gasteiger partial charge in [0.1, 0.15) is 5.75 Å². The lowest BCUT2D eigenvalue weighted by Crippen LogP contribution is -2.46. The number of aromatic nitrogens is 1. The van der Waals surface area contributed by atoms with Gasteiger partial charge in [-0.15, -0.1) is 0 Å². The van der Waals surface area contributed by atoms with Crippen molar-refractivity contribution in [3.63, 3.8) is 0 Å². The van der Waals surface area contributed by atoms with Gasteiger partial charge in [-0.3, -0.25) is 14.5 Å². The summed E-state index contributed by atoms with van der Waals surface area (Å²) in [4.78, 5) is 47.6. The number of thiazole rings is 1. The number of nitrogens with zero attached hydrogens (tertiary/aromatic N) is 4. The second-order valence-corrected chi connectivity index (χ2v) is 10.0. The lowest BCUT2D eigenvalue weighted by molar-refractivity contribution is -0.121. The zero-order valence-electron chi connectivity index (χ0n) is 20.0. The van der Waals surface area contributed by atoms with Crippen molar-refractivity contribution in [3.05, 3.63) is 78.4 Å². The Morgan fingerprint density at radius 1 is 0.784 bits per heavy atom. The van der Waals surface area contributed by atoms with E-state index in [4.69, 9.17) is 9.72 Å². The summed E-state index contributed by atoms with van der Waals surface area (Å²) in [6.07, 6.45) is 0.375. The van der Waals surface area contributed by atoms with Gasteiger partial charge in [0.05, 0.1) is 21.5 Å². The molecule has 3 aromatic carbocycles. The number of hydrogen-bond acceptors (Lipinski definition) is 8. The Hall–Kier alpha value is -4.24. The number of imide groups is 1. The van der Waals surface area contributed by atoms with E-state index in [1.54, 1.807) is 35.6 Å². The average Bonchev–Trinajstić information content (AvgIpc) is 3.51. The molecule has 0 saturated carbocycles. The van der Waals surface area contributed by atoms with Crippen molar-refractivity contribution in [2.45, 2.75) is 12.8 Å². The van der Waals surface area contributed by atoms with E-state index in [0.29, 0.717) is 11.4 Å². The molecule has 1 aromatic heterocycles. The van der Waals surface area contributed by atoms with Crippen LogP contribution < -0.4 is 19.4 Å². The molecular weight excluding hydrogens is 488 g/mol. The number of rotatable bonds is 5. The van der Waals surface area contributed by atoms with E-state index >= 15 is 0 Å². The summed E-state index contributed by atoms with van der Waals surface area (Å²) in [5.74, 6) is -0.658. The maximum atomic E-state index is 12.8. The average molecular weight is 513 g/mol. The highest BCUT2D eigenvalue weighted by atomic mass is 32.1. The lowest BCUT2D eigenvalue weighted by Gasteiger charge is -2.35. The number of piperazine rings is 1. The molecule has 2 aliphatic heterocycles. The fourth-order valence-corrected chi connectivity index (χ4v) is 5.73. The largest absolute Gasteiger partial charge is 0.423 e. The lowest BCUT2D eigenvalue weighted by atomic mass is 10.2. The smallest absolute Gasteiger partial charge is 0.343 e. The van der Waals surface area contributed by atoms with E-state index in [2.05, 4.69) is 34.1 Å². The predicted octanol–water partition coefficient (Wildman–Crippen LogP) is 4.50. The number of carbonyl (C=O) groups excluding carboxylic acids is 3. The maximum Gasteiger partial charge on any atom is 0.343 e. The van der Waals surface area contributed by atoms with E-state index in [-0.39, 0.29) is 30.2 Å². The Morgan fingerprint density at radius 2 is 1.49 bits per heavy atom. The van der Waals surface area contributed by atoms with Gasteiger partial charge in [-0.2, -0.15) is 0 Å². The molecule has 4 aromatic rings. The topological polar surface area (TPSA) is 83.1 Å². The Morgan fingerprint density at radius 3 is 2.24 bits per heavy atom. The van der Waals surface area contributed by atoms with Crippen molar-refractivity contribution in [3.8, 4) is 5.75 Å². The summed E-state index contributed by atoms with van der Waals surface area (Å²) in [6, 6.07) is 22.2. The molecule has 37 heavy (non-hydrogen) atoms. The quantitative estimate of drug-likeness (QED) is 0.221. The second-order valence-electron chi connectivity index (χ2n) is 9.00. The number of ether oxygens (including phenoxy) is 1. The molecule has 2 aliphatic rings. The molecule has 0 unspecified atom stereocenters. The molecule has 6 rings (SSSR count). The molecule has 0 spiro atoms. The van der Waals surface area contributed by atoms with Crippen molar-refractivity contribution in [1.82, 2.24) is 4.98 Å². The van der Waals surface area contributed by atoms with Gasteiger partial charge >= 0.3 is 5.97 Å². The van der Waals surface area contributed by atoms with E-state index in [9.17, 15) is 14.4 Å². The molecule has 0 bridgehead atoms. The summed E-state index contributed by atoms with van der Waals surface area (Å²) in [7, 11) is 0. The van der Waals surface area contributed by atoms with E-state index in [1.165, 1.54) is 11.8 Å². The van der Waals surface area contributed by atoms with Crippen LogP contribution in [0.3, 0.4) is 0 Å². The zero-order chi connectivity index (χ0) is 25.4. The second kappa shape index (κ2) is 9.67. The molecule has 186 valence electrons. The summed E-state index contributed by atoms with van der Waals surface area (Å²) < 4.78 is 6.57. The molecule has 0 N–H and O–H groups in total. The SMILES string of the molecule is O=C(Oc1ccc2nc(N3CCN(c4ccccc4)CC3)sc2c1)c1cccc(N2C(=O)CCC2=O)c1. The highest BCUT2D eigenvalue weighted by Crippen LogP contribution is 2.33. The summed E-state index contributed by atoms with van der Waals surface area (Å²) in [5.41, 5.74) is 2.75. The number of carbonyl (C=O) groups is 3. The summed E-state index contributed by atoms with van der Waals surface area (Å²) >= 11 is 1.58. The van der Waals surface area contributed by atoms with Gasteiger partial charge in [-0.25, -0.2) is 9.78 Å². The minimum absolute atomic E-state index is 0.188. The third-order valence-corrected chi connectivity index (χ3v) is 7.70. The Balaban J connectivity index is 1.14. The molecule has 9 heteroatoms. The first-order valence-electron chi connectivity index (χ1n) is 12.2. The maximum absolute atomic E-state index is 12.8. The van der Waals surface area contributed by atoms with Crippen LogP contribution in [0.1, 0.15) is 23.2 Å². The Bertz CT molecular complexity index is 1480. The van der Waals surface area contributed by atoms with Gasteiger partial charge in [-0.1, -0.05) is 35.6 Å². The van der Waals surface area contributed by atoms with Gasteiger partial charge in [0.2, 0.25) is 11.8 Å². The zero-order valence-corrected chi connectivity index (χ0v) is 20.8. The molecule has 3 heterocycles. The number of anilines is 3. The van der Waals surface area contributed by atoms with E-state index in [0.717, 1.165) is 46.4 Å².